The van der Waals surface area contributed by atoms with Gasteiger partial charge in [0, 0.05) is 0 Å². The Morgan fingerprint density at radius 3 is 1.75 bits per heavy atom. The maximum absolute atomic E-state index is 5.47. The van der Waals surface area contributed by atoms with Crippen molar-refractivity contribution < 1.29 is 0 Å². The zero-order chi connectivity index (χ0) is 14.9. The van der Waals surface area contributed by atoms with E-state index in [4.69, 9.17) is 5.73 Å². The van der Waals surface area contributed by atoms with Crippen molar-refractivity contribution in [3.05, 3.63) is 0 Å². The summed E-state index contributed by atoms with van der Waals surface area (Å²) in [5.74, 6) is 0.856. The Balaban J connectivity index is 2.92. The first kappa shape index (κ1) is 19.9. The molecule has 0 rings (SSSR count). The van der Waals surface area contributed by atoms with Gasteiger partial charge in [-0.05, 0) is 64.3 Å². The smallest absolute Gasteiger partial charge is 0.00368 e. The van der Waals surface area contributed by atoms with Gasteiger partial charge in [0.1, 0.15) is 0 Å². The van der Waals surface area contributed by atoms with Gasteiger partial charge in [0.15, 0.2) is 0 Å². The Morgan fingerprint density at radius 2 is 1.15 bits per heavy atom. The fraction of sp³-hybridized carbons (Fsp3) is 1.00. The fourth-order valence-corrected chi connectivity index (χ4v) is 2.32. The number of unbranched alkanes of at least 4 members (excludes halogenated alkanes) is 5. The van der Waals surface area contributed by atoms with Crippen LogP contribution in [0, 0.1) is 5.92 Å². The van der Waals surface area contributed by atoms with Crippen LogP contribution >= 0.6 is 0 Å². The third-order valence-corrected chi connectivity index (χ3v) is 3.65. The minimum Gasteiger partial charge on any atom is -0.330 e. The van der Waals surface area contributed by atoms with Gasteiger partial charge in [-0.25, -0.2) is 0 Å². The predicted molar refractivity (Wildman–Crippen MR) is 91.2 cm³/mol. The van der Waals surface area contributed by atoms with Gasteiger partial charge in [0.2, 0.25) is 0 Å². The summed E-state index contributed by atoms with van der Waals surface area (Å²) in [5.41, 5.74) is 5.47. The second-order valence-electron chi connectivity index (χ2n) is 6.30. The first-order valence-electron chi connectivity index (χ1n) is 8.89. The van der Waals surface area contributed by atoms with Crippen molar-refractivity contribution >= 4 is 0 Å². The Morgan fingerprint density at radius 1 is 0.650 bits per heavy atom. The van der Waals surface area contributed by atoms with Crippen molar-refractivity contribution in [3.63, 3.8) is 0 Å². The molecule has 0 unspecified atom stereocenters. The van der Waals surface area contributed by atoms with Crippen molar-refractivity contribution in [2.45, 2.75) is 71.6 Å². The summed E-state index contributed by atoms with van der Waals surface area (Å²) in [6, 6.07) is 0. The maximum Gasteiger partial charge on any atom is -0.00368 e. The van der Waals surface area contributed by atoms with Crippen molar-refractivity contribution in [1.29, 1.82) is 0 Å². The molecule has 0 amide bonds. The zero-order valence-corrected chi connectivity index (χ0v) is 14.1. The van der Waals surface area contributed by atoms with Crippen molar-refractivity contribution in [1.82, 2.24) is 10.6 Å². The molecular weight excluding hydrogens is 246 g/mol. The van der Waals surface area contributed by atoms with E-state index in [2.05, 4.69) is 24.5 Å². The van der Waals surface area contributed by atoms with Crippen molar-refractivity contribution in [3.8, 4) is 0 Å². The van der Waals surface area contributed by atoms with Gasteiger partial charge < -0.3 is 16.4 Å². The molecule has 3 nitrogen and oxygen atoms in total. The second kappa shape index (κ2) is 16.9. The molecule has 0 bridgehead atoms. The fourth-order valence-electron chi connectivity index (χ4n) is 2.32. The van der Waals surface area contributed by atoms with E-state index in [-0.39, 0.29) is 0 Å². The highest BCUT2D eigenvalue weighted by Crippen LogP contribution is 2.05. The molecule has 122 valence electrons. The van der Waals surface area contributed by atoms with E-state index < -0.39 is 0 Å². The van der Waals surface area contributed by atoms with E-state index in [0.29, 0.717) is 0 Å². The van der Waals surface area contributed by atoms with Crippen LogP contribution in [-0.4, -0.2) is 32.7 Å². The molecule has 0 atom stereocenters. The van der Waals surface area contributed by atoms with Gasteiger partial charge in [-0.2, -0.15) is 0 Å². The highest BCUT2D eigenvalue weighted by molar-refractivity contribution is 4.54. The number of hydrogen-bond donors (Lipinski definition) is 3. The van der Waals surface area contributed by atoms with E-state index in [1.807, 2.05) is 0 Å². The van der Waals surface area contributed by atoms with Crippen molar-refractivity contribution in [2.75, 3.05) is 32.7 Å². The lowest BCUT2D eigenvalue weighted by Crippen LogP contribution is -2.23. The first-order valence-corrected chi connectivity index (χ1v) is 8.89. The quantitative estimate of drug-likeness (QED) is 0.381. The Labute approximate surface area is 127 Å². The molecule has 0 aromatic rings. The number of hydrogen-bond acceptors (Lipinski definition) is 3. The highest BCUT2D eigenvalue weighted by Gasteiger charge is 1.94. The molecule has 3 heteroatoms. The maximum atomic E-state index is 5.47. The predicted octanol–water partition coefficient (Wildman–Crippen LogP) is 3.29. The lowest BCUT2D eigenvalue weighted by Gasteiger charge is -2.07. The van der Waals surface area contributed by atoms with E-state index >= 15 is 0 Å². The summed E-state index contributed by atoms with van der Waals surface area (Å²) in [6.07, 6.45) is 11.8. The van der Waals surface area contributed by atoms with E-state index in [9.17, 15) is 0 Å². The largest absolute Gasteiger partial charge is 0.330 e. The standard InChI is InChI=1S/C17H39N3/c1-17(2)11-6-9-14-20-16-10-15-19-13-8-5-3-4-7-12-18/h17,19-20H,3-16,18H2,1-2H3. The van der Waals surface area contributed by atoms with Gasteiger partial charge in [-0.15, -0.1) is 0 Å². The summed E-state index contributed by atoms with van der Waals surface area (Å²) in [4.78, 5) is 0. The van der Waals surface area contributed by atoms with E-state index in [1.54, 1.807) is 0 Å². The average Bonchev–Trinajstić information content (AvgIpc) is 2.43. The average molecular weight is 286 g/mol. The molecule has 0 heterocycles. The molecule has 0 aromatic heterocycles. The van der Waals surface area contributed by atoms with Crippen LogP contribution in [-0.2, 0) is 0 Å². The van der Waals surface area contributed by atoms with Crippen LogP contribution in [0.5, 0.6) is 0 Å². The molecule has 4 N–H and O–H groups in total. The molecule has 0 radical (unpaired) electrons. The van der Waals surface area contributed by atoms with E-state index in [1.165, 1.54) is 70.9 Å². The van der Waals surface area contributed by atoms with Crippen molar-refractivity contribution in [2.24, 2.45) is 11.7 Å². The van der Waals surface area contributed by atoms with Crippen LogP contribution in [0.4, 0.5) is 0 Å². The number of nitrogens with two attached hydrogens (primary N) is 1. The number of rotatable bonds is 16. The zero-order valence-electron chi connectivity index (χ0n) is 14.1. The molecule has 0 spiro atoms. The van der Waals surface area contributed by atoms with Crippen LogP contribution in [0.3, 0.4) is 0 Å². The van der Waals surface area contributed by atoms with Gasteiger partial charge in [0.05, 0.1) is 0 Å². The summed E-state index contributed by atoms with van der Waals surface area (Å²) in [6.45, 7) is 10.1. The molecular formula is C17H39N3. The Hall–Kier alpha value is -0.120. The van der Waals surface area contributed by atoms with Crippen LogP contribution < -0.4 is 16.4 Å². The minimum absolute atomic E-state index is 0.850. The third kappa shape index (κ3) is 17.9. The third-order valence-electron chi connectivity index (χ3n) is 3.65. The van der Waals surface area contributed by atoms with Gasteiger partial charge in [-0.3, -0.25) is 0 Å². The van der Waals surface area contributed by atoms with Crippen LogP contribution in [0.25, 0.3) is 0 Å². The molecule has 0 aliphatic heterocycles. The van der Waals surface area contributed by atoms with Crippen LogP contribution in [0.2, 0.25) is 0 Å². The molecule has 0 fully saturated rings. The molecule has 20 heavy (non-hydrogen) atoms. The summed E-state index contributed by atoms with van der Waals surface area (Å²) >= 11 is 0. The monoisotopic (exact) mass is 285 g/mol. The minimum atomic E-state index is 0.850. The molecule has 0 aliphatic rings. The molecule has 0 aromatic carbocycles. The lowest BCUT2D eigenvalue weighted by atomic mass is 10.1. The lowest BCUT2D eigenvalue weighted by molar-refractivity contribution is 0.512. The van der Waals surface area contributed by atoms with Gasteiger partial charge in [-0.1, -0.05) is 46.0 Å². The van der Waals surface area contributed by atoms with Crippen LogP contribution in [0.15, 0.2) is 0 Å². The summed E-state index contributed by atoms with van der Waals surface area (Å²) in [7, 11) is 0. The van der Waals surface area contributed by atoms with E-state index in [0.717, 1.165) is 25.6 Å². The summed E-state index contributed by atoms with van der Waals surface area (Å²) < 4.78 is 0. The van der Waals surface area contributed by atoms with Gasteiger partial charge >= 0.3 is 0 Å². The normalized spacial score (nSPS) is 11.4. The number of nitrogens with one attached hydrogen (secondary N) is 2. The Kier molecular flexibility index (Phi) is 16.8. The SMILES string of the molecule is CC(C)CCCCNCCCNCCCCCCCN. The first-order chi connectivity index (χ1) is 9.77. The van der Waals surface area contributed by atoms with Gasteiger partial charge in [0.25, 0.3) is 0 Å². The topological polar surface area (TPSA) is 50.1 Å². The van der Waals surface area contributed by atoms with Crippen LogP contribution in [0.1, 0.15) is 71.6 Å². The second-order valence-corrected chi connectivity index (χ2v) is 6.30. The molecule has 0 aliphatic carbocycles. The molecule has 0 saturated carbocycles. The Bertz CT molecular complexity index is 172. The molecule has 0 saturated heterocycles. The summed E-state index contributed by atoms with van der Waals surface area (Å²) in [5, 5.41) is 7.06. The highest BCUT2D eigenvalue weighted by atomic mass is 14.9.